The Kier molecular flexibility index (Phi) is 11.5. The highest BCUT2D eigenvalue weighted by molar-refractivity contribution is 5.99. The lowest BCUT2D eigenvalue weighted by Gasteiger charge is -2.55. The first-order valence-corrected chi connectivity index (χ1v) is 19.6. The van der Waals surface area contributed by atoms with E-state index in [1.807, 2.05) is 99.2 Å². The van der Waals surface area contributed by atoms with Gasteiger partial charge in [0.15, 0.2) is 0 Å². The molecular weight excluding hydrogens is 733 g/mol. The number of hydrogen-bond donors (Lipinski definition) is 2. The van der Waals surface area contributed by atoms with Crippen molar-refractivity contribution in [2.75, 3.05) is 19.6 Å². The second kappa shape index (κ2) is 16.7. The van der Waals surface area contributed by atoms with Crippen LogP contribution in [-0.2, 0) is 45.7 Å². The molecule has 12 nitrogen and oxygen atoms in total. The zero-order valence-electron chi connectivity index (χ0n) is 33.4. The number of hydrazine groups is 1. The normalized spacial score (nSPS) is 17.4. The lowest BCUT2D eigenvalue weighted by molar-refractivity contribution is -0.205. The summed E-state index contributed by atoms with van der Waals surface area (Å²) in [6.07, 6.45) is 3.92. The van der Waals surface area contributed by atoms with Crippen molar-refractivity contribution in [2.45, 2.75) is 64.4 Å². The Morgan fingerprint density at radius 3 is 2.34 bits per heavy atom. The van der Waals surface area contributed by atoms with Crippen molar-refractivity contribution in [1.82, 2.24) is 29.9 Å². The van der Waals surface area contributed by atoms with Crippen molar-refractivity contribution < 1.29 is 29.1 Å². The van der Waals surface area contributed by atoms with Gasteiger partial charge in [0.05, 0.1) is 24.2 Å². The summed E-state index contributed by atoms with van der Waals surface area (Å²) in [4.78, 5) is 64.7. The van der Waals surface area contributed by atoms with Crippen molar-refractivity contribution in [2.24, 2.45) is 7.05 Å². The first kappa shape index (κ1) is 40.0. The summed E-state index contributed by atoms with van der Waals surface area (Å²) in [5.74, 6) is -0.841. The Bertz CT molecular complexity index is 2320. The molecule has 0 bridgehead atoms. The van der Waals surface area contributed by atoms with E-state index in [2.05, 4.69) is 12.1 Å². The first-order valence-electron chi connectivity index (χ1n) is 19.6. The molecule has 2 aliphatic rings. The van der Waals surface area contributed by atoms with Gasteiger partial charge in [-0.15, -0.1) is 6.58 Å². The quantitative estimate of drug-likeness (QED) is 0.118. The molecule has 5 aromatic rings. The fourth-order valence-corrected chi connectivity index (χ4v) is 7.95. The van der Waals surface area contributed by atoms with Crippen LogP contribution in [0, 0.1) is 0 Å². The summed E-state index contributed by atoms with van der Waals surface area (Å²) in [6, 6.07) is 28.9. The molecule has 2 saturated heterocycles. The number of aromatic nitrogens is 1. The van der Waals surface area contributed by atoms with E-state index in [1.165, 1.54) is 0 Å². The minimum Gasteiger partial charge on any atom is -0.508 e. The van der Waals surface area contributed by atoms with Gasteiger partial charge in [0, 0.05) is 55.7 Å². The number of para-hydroxylation sites is 1. The molecule has 4 aromatic carbocycles. The van der Waals surface area contributed by atoms with Crippen molar-refractivity contribution in [3.05, 3.63) is 138 Å². The van der Waals surface area contributed by atoms with Crippen LogP contribution in [0.4, 0.5) is 0 Å². The van der Waals surface area contributed by atoms with Crippen LogP contribution in [0.2, 0.25) is 0 Å². The summed E-state index contributed by atoms with van der Waals surface area (Å²) in [7, 11) is 1.97. The highest BCUT2D eigenvalue weighted by atomic mass is 16.7. The molecule has 0 saturated carbocycles. The number of nitrogens with one attached hydrogen (secondary N) is 1. The van der Waals surface area contributed by atoms with Gasteiger partial charge >= 0.3 is 0 Å². The monoisotopic (exact) mass is 782 g/mol. The van der Waals surface area contributed by atoms with E-state index in [9.17, 15) is 24.3 Å². The van der Waals surface area contributed by atoms with Crippen LogP contribution >= 0.6 is 0 Å². The predicted molar refractivity (Wildman–Crippen MR) is 222 cm³/mol. The van der Waals surface area contributed by atoms with E-state index in [4.69, 9.17) is 4.84 Å². The molecule has 4 amide bonds. The number of nitrogens with zero attached hydrogens (tertiary/aromatic N) is 5. The number of phenolic OH excluding ortho intramolecular Hbond substituents is 1. The maximum atomic E-state index is 14.7. The number of hydroxylamine groups is 1. The fourth-order valence-electron chi connectivity index (χ4n) is 7.95. The largest absolute Gasteiger partial charge is 0.508 e. The van der Waals surface area contributed by atoms with E-state index < -0.39 is 17.8 Å². The van der Waals surface area contributed by atoms with Gasteiger partial charge in [-0.05, 0) is 73.7 Å². The number of aryl methyl sites for hydroxylation is 2. The van der Waals surface area contributed by atoms with Crippen LogP contribution < -0.4 is 5.48 Å². The Hall–Kier alpha value is -6.24. The molecule has 7 rings (SSSR count). The summed E-state index contributed by atoms with van der Waals surface area (Å²) < 4.78 is 2.04. The van der Waals surface area contributed by atoms with Gasteiger partial charge < -0.3 is 19.5 Å². The Morgan fingerprint density at radius 2 is 1.66 bits per heavy atom. The van der Waals surface area contributed by atoms with Gasteiger partial charge in [-0.25, -0.2) is 15.5 Å². The van der Waals surface area contributed by atoms with Crippen molar-refractivity contribution in [1.29, 1.82) is 0 Å². The predicted octanol–water partition coefficient (Wildman–Crippen LogP) is 6.00. The average molecular weight is 783 g/mol. The Labute approximate surface area is 338 Å². The second-order valence-electron chi connectivity index (χ2n) is 15.9. The number of aromatic hydroxyl groups is 1. The molecule has 2 N–H and O–H groups in total. The smallest absolute Gasteiger partial charge is 0.274 e. The zero-order valence-corrected chi connectivity index (χ0v) is 33.4. The number of hydrogen-bond acceptors (Lipinski definition) is 7. The summed E-state index contributed by atoms with van der Waals surface area (Å²) in [6.45, 7) is 10.0. The van der Waals surface area contributed by atoms with Crippen LogP contribution in [0.5, 0.6) is 5.75 Å². The Morgan fingerprint density at radius 1 is 0.931 bits per heavy atom. The van der Waals surface area contributed by atoms with Crippen LogP contribution in [-0.4, -0.2) is 90.6 Å². The van der Waals surface area contributed by atoms with Crippen LogP contribution in [0.1, 0.15) is 54.2 Å². The van der Waals surface area contributed by atoms with E-state index in [-0.39, 0.29) is 68.4 Å². The zero-order chi connectivity index (χ0) is 41.1. The van der Waals surface area contributed by atoms with Crippen LogP contribution in [0.15, 0.2) is 116 Å². The third kappa shape index (κ3) is 8.53. The van der Waals surface area contributed by atoms with Crippen molar-refractivity contribution in [3.8, 4) is 16.9 Å². The number of piperazine rings is 1. The number of rotatable bonds is 12. The summed E-state index contributed by atoms with van der Waals surface area (Å²) in [5, 5.41) is 14.4. The fraction of sp³-hybridized carbons (Fsp3) is 0.304. The number of amides is 4. The van der Waals surface area contributed by atoms with Gasteiger partial charge in [0.2, 0.25) is 17.7 Å². The molecule has 0 aliphatic carbocycles. The molecule has 0 unspecified atom stereocenters. The van der Waals surface area contributed by atoms with E-state index in [1.54, 1.807) is 62.3 Å². The first-order chi connectivity index (χ1) is 27.8. The highest BCUT2D eigenvalue weighted by Crippen LogP contribution is 2.35. The maximum Gasteiger partial charge on any atom is 0.274 e. The molecule has 300 valence electrons. The van der Waals surface area contributed by atoms with Gasteiger partial charge in [0.25, 0.3) is 5.91 Å². The summed E-state index contributed by atoms with van der Waals surface area (Å²) in [5.41, 5.74) is 7.99. The number of carbonyl (C=O) groups excluding carboxylic acids is 4. The van der Waals surface area contributed by atoms with E-state index in [0.717, 1.165) is 38.7 Å². The molecule has 2 aliphatic heterocycles. The summed E-state index contributed by atoms with van der Waals surface area (Å²) >= 11 is 0. The van der Waals surface area contributed by atoms with Crippen molar-refractivity contribution >= 4 is 34.5 Å². The third-order valence-corrected chi connectivity index (χ3v) is 10.6. The minimum absolute atomic E-state index is 0.0687. The van der Waals surface area contributed by atoms with Gasteiger partial charge in [-0.1, -0.05) is 78.9 Å². The Balaban J connectivity index is 1.22. The molecule has 0 radical (unpaired) electrons. The molecule has 12 heteroatoms. The molecule has 1 aromatic heterocycles. The maximum absolute atomic E-state index is 14.7. The molecule has 2 atom stereocenters. The van der Waals surface area contributed by atoms with Crippen LogP contribution in [0.25, 0.3) is 22.0 Å². The lowest BCUT2D eigenvalue weighted by atomic mass is 9.97. The lowest BCUT2D eigenvalue weighted by Crippen LogP contribution is -2.75. The second-order valence-corrected chi connectivity index (χ2v) is 15.9. The molecule has 2 fully saturated rings. The SMILES string of the molecule is C=CCN1CC(=O)N2[C@@H](Cc3ccc(O)cc3)C(=O)N(Cc3cccc4c(-c5ccc(C(=O)NOC(C)(C)C)cc5)cn(C)c34)C[C@@H]2N1C(=O)CCc1ccccc1. The number of fused-ring (bicyclic) bond motifs is 2. The minimum atomic E-state index is -0.890. The topological polar surface area (TPSA) is 128 Å². The third-order valence-electron chi connectivity index (χ3n) is 10.6. The van der Waals surface area contributed by atoms with Crippen LogP contribution in [0.3, 0.4) is 0 Å². The number of phenols is 1. The standard InChI is InChI=1S/C46H50N6O6/c1-6-25-50-30-42(55)51-39(26-32-15-22-36(53)23-16-32)45(57)49(29-40(51)52(50)41(54)24-17-31-11-8-7-9-12-31)27-35-13-10-14-37-38(28-48(5)43(35)37)33-18-20-34(21-19-33)44(56)47-58-46(2,3)4/h6-16,18-23,28,39-40,53H,1,17,24-27,29-30H2,2-5H3,(H,47,56)/t39-,40-/m0/s1. The highest BCUT2D eigenvalue weighted by Gasteiger charge is 2.51. The molecule has 0 spiro atoms. The molecular formula is C46H50N6O6. The van der Waals surface area contributed by atoms with Gasteiger partial charge in [-0.2, -0.15) is 0 Å². The molecule has 3 heterocycles. The average Bonchev–Trinajstić information content (AvgIpc) is 3.55. The number of carbonyl (C=O) groups is 4. The molecule has 58 heavy (non-hydrogen) atoms. The van der Waals surface area contributed by atoms with E-state index in [0.29, 0.717) is 12.0 Å². The van der Waals surface area contributed by atoms with Gasteiger partial charge in [-0.3, -0.25) is 24.0 Å². The van der Waals surface area contributed by atoms with Gasteiger partial charge in [0.1, 0.15) is 18.0 Å². The van der Waals surface area contributed by atoms with Crippen molar-refractivity contribution in [3.63, 3.8) is 0 Å². The van der Waals surface area contributed by atoms with E-state index >= 15 is 0 Å². The number of benzene rings is 4.